The van der Waals surface area contributed by atoms with Crippen molar-refractivity contribution in [1.82, 2.24) is 20.1 Å². The minimum absolute atomic E-state index is 0.172. The van der Waals surface area contributed by atoms with Crippen molar-refractivity contribution in [2.45, 2.75) is 19.4 Å². The Morgan fingerprint density at radius 3 is 2.83 bits per heavy atom. The Morgan fingerprint density at radius 2 is 2.04 bits per heavy atom. The first-order chi connectivity index (χ1) is 11.8. The summed E-state index contributed by atoms with van der Waals surface area (Å²) in [4.78, 5) is 14.7. The second kappa shape index (κ2) is 6.48. The van der Waals surface area contributed by atoms with Gasteiger partial charge in [0.2, 0.25) is 10.3 Å². The molecule has 0 saturated carbocycles. The number of amides is 1. The van der Waals surface area contributed by atoms with Gasteiger partial charge in [0, 0.05) is 19.3 Å². The van der Waals surface area contributed by atoms with E-state index in [0.717, 1.165) is 18.2 Å². The van der Waals surface area contributed by atoms with E-state index >= 15 is 0 Å². The second-order valence-corrected chi connectivity index (χ2v) is 6.52. The predicted molar refractivity (Wildman–Crippen MR) is 90.6 cm³/mol. The van der Waals surface area contributed by atoms with Crippen molar-refractivity contribution in [1.29, 1.82) is 0 Å². The van der Waals surface area contributed by atoms with Crippen LogP contribution in [0.4, 0.5) is 5.13 Å². The summed E-state index contributed by atoms with van der Waals surface area (Å²) < 4.78 is 7.00. The molecule has 7 nitrogen and oxygen atoms in total. The van der Waals surface area contributed by atoms with Gasteiger partial charge in [0.15, 0.2) is 0 Å². The Hall–Kier alpha value is -2.61. The van der Waals surface area contributed by atoms with E-state index in [1.54, 1.807) is 23.0 Å². The van der Waals surface area contributed by atoms with Crippen LogP contribution in [0.3, 0.4) is 0 Å². The van der Waals surface area contributed by atoms with Crippen LogP contribution in [0.25, 0.3) is 5.13 Å². The fourth-order valence-electron chi connectivity index (χ4n) is 2.75. The third kappa shape index (κ3) is 2.92. The van der Waals surface area contributed by atoms with Gasteiger partial charge in [0.25, 0.3) is 5.91 Å². The number of anilines is 1. The van der Waals surface area contributed by atoms with E-state index < -0.39 is 0 Å². The van der Waals surface area contributed by atoms with Gasteiger partial charge >= 0.3 is 0 Å². The van der Waals surface area contributed by atoms with E-state index in [1.807, 2.05) is 18.3 Å². The average Bonchev–Trinajstić information content (AvgIpc) is 3.40. The largest absolute Gasteiger partial charge is 0.467 e. The topological polar surface area (TPSA) is 76.2 Å². The summed E-state index contributed by atoms with van der Waals surface area (Å²) >= 11 is 1.50. The third-order valence-corrected chi connectivity index (χ3v) is 4.95. The van der Waals surface area contributed by atoms with Crippen LogP contribution in [0.5, 0.6) is 0 Å². The first-order valence-corrected chi connectivity index (χ1v) is 8.70. The molecule has 1 amide bonds. The summed E-state index contributed by atoms with van der Waals surface area (Å²) in [6.45, 7) is 2.40. The standard InChI is InChI=1S/C16H17N5O2S/c22-14(17-11-12-5-4-10-23-12)13-6-3-9-21(13)16-19-18-15(24-16)20-7-1-2-8-20/h3-6,9-10H,1-2,7-8,11H2,(H,17,22). The Labute approximate surface area is 142 Å². The highest BCUT2D eigenvalue weighted by Crippen LogP contribution is 2.27. The SMILES string of the molecule is O=C(NCc1ccco1)c1cccn1-c1nnc(N2CCCC2)s1. The molecule has 1 saturated heterocycles. The summed E-state index contributed by atoms with van der Waals surface area (Å²) in [5.41, 5.74) is 0.533. The first-order valence-electron chi connectivity index (χ1n) is 7.88. The molecule has 0 radical (unpaired) electrons. The van der Waals surface area contributed by atoms with Gasteiger partial charge in [-0.3, -0.25) is 9.36 Å². The molecule has 1 fully saturated rings. The smallest absolute Gasteiger partial charge is 0.268 e. The van der Waals surface area contributed by atoms with Crippen LogP contribution in [-0.4, -0.2) is 33.8 Å². The summed E-state index contributed by atoms with van der Waals surface area (Å²) in [6, 6.07) is 7.23. The first kappa shape index (κ1) is 14.9. The molecule has 8 heteroatoms. The number of carbonyl (C=O) groups is 1. The van der Waals surface area contributed by atoms with Crippen LogP contribution in [0.2, 0.25) is 0 Å². The van der Waals surface area contributed by atoms with Gasteiger partial charge in [-0.05, 0) is 37.1 Å². The van der Waals surface area contributed by atoms with Crippen LogP contribution in [0, 0.1) is 0 Å². The van der Waals surface area contributed by atoms with Gasteiger partial charge in [0.05, 0.1) is 12.8 Å². The quantitative estimate of drug-likeness (QED) is 0.770. The van der Waals surface area contributed by atoms with Crippen molar-refractivity contribution in [3.8, 4) is 5.13 Å². The lowest BCUT2D eigenvalue weighted by atomic mass is 10.4. The van der Waals surface area contributed by atoms with Crippen LogP contribution in [0.15, 0.2) is 41.1 Å². The Bertz CT molecular complexity index is 817. The van der Waals surface area contributed by atoms with Crippen LogP contribution >= 0.6 is 11.3 Å². The number of hydrogen-bond donors (Lipinski definition) is 1. The van der Waals surface area contributed by atoms with Gasteiger partial charge in [-0.2, -0.15) is 0 Å². The van der Waals surface area contributed by atoms with Crippen LogP contribution in [-0.2, 0) is 6.54 Å². The molecule has 0 aliphatic carbocycles. The molecule has 0 spiro atoms. The highest BCUT2D eigenvalue weighted by Gasteiger charge is 2.19. The molecule has 0 unspecified atom stereocenters. The van der Waals surface area contributed by atoms with E-state index in [1.165, 1.54) is 24.2 Å². The summed E-state index contributed by atoms with van der Waals surface area (Å²) in [5, 5.41) is 13.0. The molecule has 1 N–H and O–H groups in total. The molecule has 24 heavy (non-hydrogen) atoms. The summed E-state index contributed by atoms with van der Waals surface area (Å²) in [7, 11) is 0. The zero-order valence-electron chi connectivity index (χ0n) is 13.0. The molecule has 1 aliphatic heterocycles. The number of hydrogen-bond acceptors (Lipinski definition) is 6. The van der Waals surface area contributed by atoms with Crippen molar-refractivity contribution >= 4 is 22.4 Å². The maximum Gasteiger partial charge on any atom is 0.268 e. The van der Waals surface area contributed by atoms with E-state index in [2.05, 4.69) is 20.4 Å². The molecule has 4 rings (SSSR count). The zero-order chi connectivity index (χ0) is 16.4. The lowest BCUT2D eigenvalue weighted by molar-refractivity contribution is 0.0941. The highest BCUT2D eigenvalue weighted by atomic mass is 32.1. The average molecular weight is 343 g/mol. The van der Waals surface area contributed by atoms with E-state index in [9.17, 15) is 4.79 Å². The number of carbonyl (C=O) groups excluding carboxylic acids is 1. The summed E-state index contributed by atoms with van der Waals surface area (Å²) in [6.07, 6.45) is 5.80. The zero-order valence-corrected chi connectivity index (χ0v) is 13.8. The molecule has 3 aromatic rings. The van der Waals surface area contributed by atoms with Crippen molar-refractivity contribution in [2.24, 2.45) is 0 Å². The van der Waals surface area contributed by atoms with Crippen LogP contribution in [0.1, 0.15) is 29.1 Å². The Morgan fingerprint density at radius 1 is 1.21 bits per heavy atom. The second-order valence-electron chi connectivity index (χ2n) is 5.59. The number of nitrogens with zero attached hydrogens (tertiary/aromatic N) is 4. The molecule has 0 aromatic carbocycles. The molecule has 1 aliphatic rings. The molecule has 3 aromatic heterocycles. The number of rotatable bonds is 5. The van der Waals surface area contributed by atoms with E-state index in [0.29, 0.717) is 23.1 Å². The third-order valence-electron chi connectivity index (χ3n) is 3.97. The van der Waals surface area contributed by atoms with Gasteiger partial charge in [0.1, 0.15) is 11.5 Å². The van der Waals surface area contributed by atoms with Gasteiger partial charge < -0.3 is 14.6 Å². The lowest BCUT2D eigenvalue weighted by Gasteiger charge is -2.11. The predicted octanol–water partition coefficient (Wildman–Crippen LogP) is 2.45. The number of aromatic nitrogens is 3. The highest BCUT2D eigenvalue weighted by molar-refractivity contribution is 7.17. The molecule has 124 valence electrons. The normalized spacial score (nSPS) is 14.2. The molecule has 4 heterocycles. The monoisotopic (exact) mass is 343 g/mol. The van der Waals surface area contributed by atoms with Gasteiger partial charge in [-0.15, -0.1) is 10.2 Å². The number of furan rings is 1. The van der Waals surface area contributed by atoms with Crippen molar-refractivity contribution in [3.63, 3.8) is 0 Å². The molecule has 0 atom stereocenters. The minimum atomic E-state index is -0.172. The molecular weight excluding hydrogens is 326 g/mol. The van der Waals surface area contributed by atoms with Crippen LogP contribution < -0.4 is 10.2 Å². The van der Waals surface area contributed by atoms with Crippen molar-refractivity contribution in [3.05, 3.63) is 48.2 Å². The maximum atomic E-state index is 12.4. The minimum Gasteiger partial charge on any atom is -0.467 e. The Balaban J connectivity index is 1.50. The van der Waals surface area contributed by atoms with Gasteiger partial charge in [-0.1, -0.05) is 11.3 Å². The molecule has 0 bridgehead atoms. The molecular formula is C16H17N5O2S. The van der Waals surface area contributed by atoms with Crippen molar-refractivity contribution in [2.75, 3.05) is 18.0 Å². The van der Waals surface area contributed by atoms with Gasteiger partial charge in [-0.25, -0.2) is 0 Å². The summed E-state index contributed by atoms with van der Waals surface area (Å²) in [5.74, 6) is 0.544. The van der Waals surface area contributed by atoms with E-state index in [-0.39, 0.29) is 5.91 Å². The van der Waals surface area contributed by atoms with Crippen molar-refractivity contribution < 1.29 is 9.21 Å². The Kier molecular flexibility index (Phi) is 4.04. The number of nitrogens with one attached hydrogen (secondary N) is 1. The fourth-order valence-corrected chi connectivity index (χ4v) is 3.64. The lowest BCUT2D eigenvalue weighted by Crippen LogP contribution is -2.24. The fraction of sp³-hybridized carbons (Fsp3) is 0.312. The van der Waals surface area contributed by atoms with E-state index in [4.69, 9.17) is 4.42 Å². The maximum absolute atomic E-state index is 12.4.